The molecule has 144 valence electrons. The molecule has 1 atom stereocenters. The minimum atomic E-state index is -3.18. The zero-order valence-electron chi connectivity index (χ0n) is 15.7. The van der Waals surface area contributed by atoms with Gasteiger partial charge in [0.05, 0.1) is 12.2 Å². The van der Waals surface area contributed by atoms with Crippen LogP contribution in [0.25, 0.3) is 0 Å². The third kappa shape index (κ3) is 4.32. The number of aryl methyl sites for hydroxylation is 2. The van der Waals surface area contributed by atoms with Gasteiger partial charge in [0, 0.05) is 50.7 Å². The van der Waals surface area contributed by atoms with Crippen LogP contribution in [0.15, 0.2) is 6.07 Å². The third-order valence-corrected chi connectivity index (χ3v) is 6.35. The van der Waals surface area contributed by atoms with Crippen molar-refractivity contribution in [3.63, 3.8) is 0 Å². The van der Waals surface area contributed by atoms with E-state index >= 15 is 0 Å². The smallest absolute Gasteiger partial charge is 0.227 e. The van der Waals surface area contributed by atoms with Crippen LogP contribution in [0.2, 0.25) is 0 Å². The summed E-state index contributed by atoms with van der Waals surface area (Å²) in [6, 6.07) is 1.94. The number of carbonyl (C=O) groups is 1. The van der Waals surface area contributed by atoms with Gasteiger partial charge in [-0.15, -0.1) is 0 Å². The van der Waals surface area contributed by atoms with Gasteiger partial charge in [0.2, 0.25) is 21.9 Å². The fourth-order valence-electron chi connectivity index (χ4n) is 3.71. The van der Waals surface area contributed by atoms with Gasteiger partial charge in [0.15, 0.2) is 0 Å². The highest BCUT2D eigenvalue weighted by atomic mass is 32.2. The Morgan fingerprint density at radius 3 is 2.27 bits per heavy atom. The number of nitrogens with zero attached hydrogens (tertiary/aromatic N) is 5. The second-order valence-electron chi connectivity index (χ2n) is 7.22. The van der Waals surface area contributed by atoms with Gasteiger partial charge in [-0.25, -0.2) is 18.4 Å². The molecule has 1 amide bonds. The first-order chi connectivity index (χ1) is 12.2. The van der Waals surface area contributed by atoms with Gasteiger partial charge in [-0.3, -0.25) is 4.79 Å². The molecular formula is C17H27N5O3S. The minimum absolute atomic E-state index is 0.0852. The van der Waals surface area contributed by atoms with Gasteiger partial charge >= 0.3 is 0 Å². The van der Waals surface area contributed by atoms with Crippen molar-refractivity contribution >= 4 is 21.9 Å². The van der Waals surface area contributed by atoms with Gasteiger partial charge < -0.3 is 9.80 Å². The quantitative estimate of drug-likeness (QED) is 0.754. The summed E-state index contributed by atoms with van der Waals surface area (Å²) in [5, 5.41) is 0. The molecule has 8 nitrogen and oxygen atoms in total. The van der Waals surface area contributed by atoms with Crippen LogP contribution >= 0.6 is 0 Å². The lowest BCUT2D eigenvalue weighted by atomic mass is 9.96. The maximum Gasteiger partial charge on any atom is 0.227 e. The van der Waals surface area contributed by atoms with E-state index in [1.807, 2.05) is 19.9 Å². The van der Waals surface area contributed by atoms with Crippen molar-refractivity contribution in [3.05, 3.63) is 17.5 Å². The molecule has 0 spiro atoms. The number of aromatic nitrogens is 2. The molecule has 0 saturated carbocycles. The summed E-state index contributed by atoms with van der Waals surface area (Å²) in [7, 11) is -3.18. The van der Waals surface area contributed by atoms with Crippen LogP contribution in [-0.2, 0) is 14.8 Å². The molecule has 0 bridgehead atoms. The summed E-state index contributed by atoms with van der Waals surface area (Å²) < 4.78 is 24.7. The third-order valence-electron chi connectivity index (χ3n) is 5.04. The minimum Gasteiger partial charge on any atom is -0.340 e. The van der Waals surface area contributed by atoms with Crippen molar-refractivity contribution in [2.45, 2.75) is 26.7 Å². The molecule has 1 aromatic heterocycles. The lowest BCUT2D eigenvalue weighted by Gasteiger charge is -2.38. The van der Waals surface area contributed by atoms with Crippen LogP contribution in [0, 0.1) is 19.8 Å². The highest BCUT2D eigenvalue weighted by molar-refractivity contribution is 7.88. The number of piperazine rings is 1. The average Bonchev–Trinajstić information content (AvgIpc) is 2.60. The SMILES string of the molecule is Cc1cc(C)nc(N2CCCC(C(=O)N3CCN(S(C)(=O)=O)CC3)C2)n1. The molecule has 26 heavy (non-hydrogen) atoms. The number of anilines is 1. The van der Waals surface area contributed by atoms with E-state index < -0.39 is 10.0 Å². The van der Waals surface area contributed by atoms with E-state index in [4.69, 9.17) is 0 Å². The molecule has 0 radical (unpaired) electrons. The van der Waals surface area contributed by atoms with Crippen LogP contribution in [0.3, 0.4) is 0 Å². The number of piperidine rings is 1. The van der Waals surface area contributed by atoms with E-state index in [0.717, 1.165) is 30.8 Å². The molecule has 0 aromatic carbocycles. The van der Waals surface area contributed by atoms with E-state index in [0.29, 0.717) is 38.7 Å². The summed E-state index contributed by atoms with van der Waals surface area (Å²) in [5.74, 6) is 0.729. The fourth-order valence-corrected chi connectivity index (χ4v) is 4.53. The Morgan fingerprint density at radius 1 is 1.08 bits per heavy atom. The Kier molecular flexibility index (Phi) is 5.47. The van der Waals surface area contributed by atoms with Crippen molar-refractivity contribution in [2.24, 2.45) is 5.92 Å². The van der Waals surface area contributed by atoms with Gasteiger partial charge in [-0.2, -0.15) is 4.31 Å². The maximum atomic E-state index is 12.9. The molecular weight excluding hydrogens is 354 g/mol. The maximum absolute atomic E-state index is 12.9. The molecule has 2 fully saturated rings. The summed E-state index contributed by atoms with van der Waals surface area (Å²) >= 11 is 0. The van der Waals surface area contributed by atoms with Crippen molar-refractivity contribution < 1.29 is 13.2 Å². The largest absolute Gasteiger partial charge is 0.340 e. The Morgan fingerprint density at radius 2 is 1.69 bits per heavy atom. The molecule has 2 aliphatic heterocycles. The predicted molar refractivity (Wildman–Crippen MR) is 99.4 cm³/mol. The number of rotatable bonds is 3. The Balaban J connectivity index is 1.63. The molecule has 1 aromatic rings. The molecule has 1 unspecified atom stereocenters. The normalized spacial score (nSPS) is 22.5. The van der Waals surface area contributed by atoms with Crippen molar-refractivity contribution in [2.75, 3.05) is 50.4 Å². The number of amides is 1. The zero-order chi connectivity index (χ0) is 18.9. The van der Waals surface area contributed by atoms with Crippen LogP contribution in [-0.4, -0.2) is 79.0 Å². The van der Waals surface area contributed by atoms with E-state index in [1.54, 1.807) is 4.90 Å². The second-order valence-corrected chi connectivity index (χ2v) is 9.21. The first-order valence-corrected chi connectivity index (χ1v) is 10.9. The van der Waals surface area contributed by atoms with E-state index in [9.17, 15) is 13.2 Å². The number of carbonyl (C=O) groups excluding carboxylic acids is 1. The van der Waals surface area contributed by atoms with E-state index in [2.05, 4.69) is 14.9 Å². The summed E-state index contributed by atoms with van der Waals surface area (Å²) in [6.07, 6.45) is 3.00. The highest BCUT2D eigenvalue weighted by Crippen LogP contribution is 2.23. The summed E-state index contributed by atoms with van der Waals surface area (Å²) in [6.45, 7) is 7.05. The second kappa shape index (κ2) is 7.48. The lowest BCUT2D eigenvalue weighted by molar-refractivity contribution is -0.137. The fraction of sp³-hybridized carbons (Fsp3) is 0.706. The summed E-state index contributed by atoms with van der Waals surface area (Å²) in [5.41, 5.74) is 1.86. The predicted octanol–water partition coefficient (Wildman–Crippen LogP) is 0.414. The van der Waals surface area contributed by atoms with Gasteiger partial charge in [-0.05, 0) is 32.8 Å². The van der Waals surface area contributed by atoms with Crippen molar-refractivity contribution in [1.82, 2.24) is 19.2 Å². The molecule has 0 aliphatic carbocycles. The van der Waals surface area contributed by atoms with E-state index in [-0.39, 0.29) is 11.8 Å². The number of sulfonamides is 1. The topological polar surface area (TPSA) is 86.7 Å². The van der Waals surface area contributed by atoms with Gasteiger partial charge in [0.1, 0.15) is 0 Å². The van der Waals surface area contributed by atoms with Crippen molar-refractivity contribution in [3.8, 4) is 0 Å². The summed E-state index contributed by atoms with van der Waals surface area (Å²) in [4.78, 5) is 25.8. The first kappa shape index (κ1) is 19.0. The van der Waals surface area contributed by atoms with Gasteiger partial charge in [-0.1, -0.05) is 0 Å². The zero-order valence-corrected chi connectivity index (χ0v) is 16.5. The number of hydrogen-bond acceptors (Lipinski definition) is 6. The number of hydrogen-bond donors (Lipinski definition) is 0. The molecule has 2 saturated heterocycles. The van der Waals surface area contributed by atoms with Crippen LogP contribution < -0.4 is 4.90 Å². The van der Waals surface area contributed by atoms with Crippen LogP contribution in [0.4, 0.5) is 5.95 Å². The Hall–Kier alpha value is -1.74. The first-order valence-electron chi connectivity index (χ1n) is 9.05. The lowest BCUT2D eigenvalue weighted by Crippen LogP contribution is -2.53. The molecule has 0 N–H and O–H groups in total. The molecule has 9 heteroatoms. The molecule has 3 rings (SSSR count). The average molecular weight is 382 g/mol. The Bertz CT molecular complexity index is 754. The highest BCUT2D eigenvalue weighted by Gasteiger charge is 2.33. The van der Waals surface area contributed by atoms with Crippen molar-refractivity contribution in [1.29, 1.82) is 0 Å². The van der Waals surface area contributed by atoms with Gasteiger partial charge in [0.25, 0.3) is 0 Å². The Labute approximate surface area is 155 Å². The monoisotopic (exact) mass is 381 g/mol. The standard InChI is InChI=1S/C17H27N5O3S/c1-13-11-14(2)19-17(18-13)21-6-4-5-15(12-21)16(23)20-7-9-22(10-8-20)26(3,24)25/h11,15H,4-10,12H2,1-3H3. The molecule has 3 heterocycles. The van der Waals surface area contributed by atoms with Crippen LogP contribution in [0.5, 0.6) is 0 Å². The van der Waals surface area contributed by atoms with Crippen LogP contribution in [0.1, 0.15) is 24.2 Å². The van der Waals surface area contributed by atoms with E-state index in [1.165, 1.54) is 10.6 Å². The molecule has 2 aliphatic rings.